The van der Waals surface area contributed by atoms with Gasteiger partial charge in [-0.3, -0.25) is 4.99 Å². The Kier molecular flexibility index (Phi) is 8.43. The number of nitrogens with zero attached hydrogens (tertiary/aromatic N) is 2. The summed E-state index contributed by atoms with van der Waals surface area (Å²) in [5, 5.41) is 9.72. The predicted molar refractivity (Wildman–Crippen MR) is 127 cm³/mol. The lowest BCUT2D eigenvalue weighted by Gasteiger charge is -2.26. The summed E-state index contributed by atoms with van der Waals surface area (Å²) in [4.78, 5) is 17.4. The topological polar surface area (TPSA) is 52.9 Å². The second-order valence-corrected chi connectivity index (χ2v) is 7.32. The molecule has 5 heteroatoms. The molecule has 1 N–H and O–H groups in total. The maximum absolute atomic E-state index is 11.2. The third-order valence-corrected chi connectivity index (χ3v) is 5.41. The number of benzene rings is 1. The molecule has 1 aromatic carbocycles. The Morgan fingerprint density at radius 3 is 2.47 bits per heavy atom. The molecule has 2 rings (SSSR count). The number of allylic oxidation sites excluding steroid dienone is 4. The molecule has 0 radical (unpaired) electrons. The summed E-state index contributed by atoms with van der Waals surface area (Å²) in [6.45, 7) is 10.2. The highest BCUT2D eigenvalue weighted by Gasteiger charge is 2.21. The van der Waals surface area contributed by atoms with E-state index in [4.69, 9.17) is 11.6 Å². The maximum Gasteiger partial charge on any atom is 0.335 e. The van der Waals surface area contributed by atoms with E-state index in [1.54, 1.807) is 18.1 Å². The van der Waals surface area contributed by atoms with Crippen molar-refractivity contribution in [3.63, 3.8) is 0 Å². The smallest absolute Gasteiger partial charge is 0.335 e. The van der Waals surface area contributed by atoms with E-state index in [1.165, 1.54) is 12.2 Å². The first-order chi connectivity index (χ1) is 14.3. The number of hydrogen-bond donors (Lipinski definition) is 1. The minimum atomic E-state index is -0.992. The summed E-state index contributed by atoms with van der Waals surface area (Å²) in [7, 11) is 1.80. The summed E-state index contributed by atoms with van der Waals surface area (Å²) in [6, 6.07) is 8.17. The monoisotopic (exact) mass is 424 g/mol. The van der Waals surface area contributed by atoms with Crippen LogP contribution < -0.4 is 0 Å². The van der Waals surface area contributed by atoms with Gasteiger partial charge in [0.2, 0.25) is 0 Å². The molecule has 30 heavy (non-hydrogen) atoms. The Balaban J connectivity index is 2.61. The Morgan fingerprint density at radius 2 is 1.93 bits per heavy atom. The molecule has 0 saturated heterocycles. The van der Waals surface area contributed by atoms with E-state index in [0.29, 0.717) is 17.3 Å². The van der Waals surface area contributed by atoms with Crippen LogP contribution in [0, 0.1) is 0 Å². The van der Waals surface area contributed by atoms with Crippen LogP contribution in [0.3, 0.4) is 0 Å². The van der Waals surface area contributed by atoms with Crippen molar-refractivity contribution in [2.45, 2.75) is 40.0 Å². The number of unbranched alkanes of at least 4 members (excludes halogenated alkanes) is 1. The van der Waals surface area contributed by atoms with Gasteiger partial charge in [-0.05, 0) is 54.2 Å². The number of rotatable bonds is 8. The predicted octanol–water partition coefficient (Wildman–Crippen LogP) is 6.63. The van der Waals surface area contributed by atoms with Crippen molar-refractivity contribution in [2.24, 2.45) is 4.99 Å². The average molecular weight is 425 g/mol. The van der Waals surface area contributed by atoms with Crippen molar-refractivity contribution in [3.8, 4) is 0 Å². The van der Waals surface area contributed by atoms with Gasteiger partial charge in [0.25, 0.3) is 0 Å². The largest absolute Gasteiger partial charge is 0.478 e. The normalized spacial score (nSPS) is 15.8. The van der Waals surface area contributed by atoms with Gasteiger partial charge in [-0.1, -0.05) is 68.8 Å². The van der Waals surface area contributed by atoms with Crippen molar-refractivity contribution >= 4 is 34.4 Å². The quantitative estimate of drug-likeness (QED) is 0.376. The van der Waals surface area contributed by atoms with E-state index in [1.807, 2.05) is 19.1 Å². The van der Waals surface area contributed by atoms with Crippen LogP contribution >= 0.6 is 11.6 Å². The lowest BCUT2D eigenvalue weighted by atomic mass is 9.90. The number of carboxylic acid groups (broad SMARTS) is 1. The van der Waals surface area contributed by atoms with E-state index in [9.17, 15) is 9.90 Å². The number of aliphatic imine (C=N–C) groups is 1. The van der Waals surface area contributed by atoms with Gasteiger partial charge in [-0.2, -0.15) is 0 Å². The van der Waals surface area contributed by atoms with Crippen molar-refractivity contribution in [2.75, 3.05) is 7.05 Å². The molecule has 0 fully saturated rings. The lowest BCUT2D eigenvalue weighted by molar-refractivity contribution is -0.132. The van der Waals surface area contributed by atoms with Gasteiger partial charge in [-0.25, -0.2) is 4.79 Å². The van der Waals surface area contributed by atoms with E-state index in [0.717, 1.165) is 40.8 Å². The third-order valence-electron chi connectivity index (χ3n) is 5.00. The van der Waals surface area contributed by atoms with E-state index in [-0.39, 0.29) is 5.57 Å². The van der Waals surface area contributed by atoms with Gasteiger partial charge < -0.3 is 10.0 Å². The van der Waals surface area contributed by atoms with Crippen molar-refractivity contribution in [1.29, 1.82) is 0 Å². The lowest BCUT2D eigenvalue weighted by Crippen LogP contribution is -2.17. The molecular weight excluding hydrogens is 396 g/mol. The molecular formula is C25H29ClN2O2. The van der Waals surface area contributed by atoms with Crippen LogP contribution in [0.1, 0.15) is 51.2 Å². The second-order valence-electron chi connectivity index (χ2n) is 6.97. The molecule has 0 saturated carbocycles. The molecule has 1 aliphatic rings. The molecule has 1 aliphatic heterocycles. The molecule has 0 aliphatic carbocycles. The summed E-state index contributed by atoms with van der Waals surface area (Å²) >= 11 is 6.84. The molecule has 0 bridgehead atoms. The number of aliphatic carboxylic acids is 1. The zero-order valence-corrected chi connectivity index (χ0v) is 18.8. The van der Waals surface area contributed by atoms with Crippen molar-refractivity contribution < 1.29 is 9.90 Å². The number of halogens is 1. The van der Waals surface area contributed by atoms with Gasteiger partial charge in [-0.15, -0.1) is 0 Å². The van der Waals surface area contributed by atoms with Crippen LogP contribution in [0.5, 0.6) is 0 Å². The summed E-state index contributed by atoms with van der Waals surface area (Å²) in [5.41, 5.74) is 5.83. The van der Waals surface area contributed by atoms with Crippen molar-refractivity contribution in [3.05, 3.63) is 82.8 Å². The fourth-order valence-corrected chi connectivity index (χ4v) is 3.71. The zero-order chi connectivity index (χ0) is 22.3. The van der Waals surface area contributed by atoms with Gasteiger partial charge >= 0.3 is 5.97 Å². The van der Waals surface area contributed by atoms with Gasteiger partial charge in [0.05, 0.1) is 5.57 Å². The van der Waals surface area contributed by atoms with Crippen LogP contribution in [0.25, 0.3) is 11.1 Å². The van der Waals surface area contributed by atoms with Gasteiger partial charge in [0.15, 0.2) is 0 Å². The number of hydrogen-bond acceptors (Lipinski definition) is 3. The fourth-order valence-electron chi connectivity index (χ4n) is 3.31. The third kappa shape index (κ3) is 5.19. The van der Waals surface area contributed by atoms with Crippen LogP contribution in [0.4, 0.5) is 0 Å². The summed E-state index contributed by atoms with van der Waals surface area (Å²) in [5.74, 6) is -0.992. The first-order valence-corrected chi connectivity index (χ1v) is 10.5. The molecule has 0 spiro atoms. The number of carboxylic acids is 1. The second kappa shape index (κ2) is 10.8. The van der Waals surface area contributed by atoms with Crippen LogP contribution in [0.2, 0.25) is 0 Å². The van der Waals surface area contributed by atoms with Gasteiger partial charge in [0.1, 0.15) is 5.16 Å². The summed E-state index contributed by atoms with van der Waals surface area (Å²) in [6.07, 6.45) is 9.64. The van der Waals surface area contributed by atoms with E-state index >= 15 is 0 Å². The Hall–Kier alpha value is -2.85. The van der Waals surface area contributed by atoms with E-state index in [2.05, 4.69) is 43.6 Å². The number of carbonyl (C=O) groups is 1. The van der Waals surface area contributed by atoms with Crippen LogP contribution in [0.15, 0.2) is 76.7 Å². The highest BCUT2D eigenvalue weighted by atomic mass is 35.5. The van der Waals surface area contributed by atoms with Crippen molar-refractivity contribution in [1.82, 2.24) is 4.90 Å². The molecule has 1 aromatic rings. The summed E-state index contributed by atoms with van der Waals surface area (Å²) < 4.78 is 0. The van der Waals surface area contributed by atoms with Gasteiger partial charge in [0, 0.05) is 24.7 Å². The Morgan fingerprint density at radius 1 is 1.27 bits per heavy atom. The highest BCUT2D eigenvalue weighted by molar-refractivity contribution is 6.33. The molecule has 4 nitrogen and oxygen atoms in total. The van der Waals surface area contributed by atoms with E-state index < -0.39 is 5.97 Å². The minimum absolute atomic E-state index is 0.179. The van der Waals surface area contributed by atoms with Crippen LogP contribution in [-0.4, -0.2) is 28.7 Å². The Labute approximate surface area is 184 Å². The fraction of sp³-hybridized carbons (Fsp3) is 0.280. The first-order valence-electron chi connectivity index (χ1n) is 10.1. The molecule has 0 unspecified atom stereocenters. The SMILES string of the molecule is C=C1C=C(C(=O)O)C=CN1/C(Cl)=C(\CC)c1ccccc1/C(=C/CCC)C(C)=NC. The minimum Gasteiger partial charge on any atom is -0.478 e. The van der Waals surface area contributed by atoms with Crippen LogP contribution in [-0.2, 0) is 4.79 Å². The highest BCUT2D eigenvalue weighted by Crippen LogP contribution is 2.35. The molecule has 1 heterocycles. The molecule has 0 aromatic heterocycles. The molecule has 0 atom stereocenters. The molecule has 0 amide bonds. The Bertz CT molecular complexity index is 981. The maximum atomic E-state index is 11.2. The standard InChI is InChI=1S/C25H29ClN2O2/c1-6-8-11-21(18(4)27-5)23-13-10-9-12-22(23)20(7-2)24(26)28-15-14-19(25(29)30)16-17(28)3/h9-16H,3,6-8H2,1-2,4-5H3,(H,29,30)/b21-11+,24-20+,27-18?. The molecule has 158 valence electrons. The average Bonchev–Trinajstić information content (AvgIpc) is 2.74. The zero-order valence-electron chi connectivity index (χ0n) is 18.1. The first kappa shape index (κ1) is 23.4.